The summed E-state index contributed by atoms with van der Waals surface area (Å²) in [6.45, 7) is 11.6. The number of carboxylic acid groups (broad SMARTS) is 1. The molecule has 170 valence electrons. The number of rotatable bonds is 10. The molecule has 0 aromatic heterocycles. The van der Waals surface area contributed by atoms with Gasteiger partial charge in [0.05, 0.1) is 0 Å². The van der Waals surface area contributed by atoms with E-state index in [2.05, 4.69) is 34.6 Å². The van der Waals surface area contributed by atoms with Gasteiger partial charge in [-0.25, -0.2) is 0 Å². The van der Waals surface area contributed by atoms with E-state index in [1.807, 2.05) is 6.08 Å². The third-order valence-corrected chi connectivity index (χ3v) is 14.0. The molecule has 0 aromatic carbocycles. The van der Waals surface area contributed by atoms with Gasteiger partial charge in [0.1, 0.15) is 5.41 Å². The molecule has 3 rings (SSSR count). The summed E-state index contributed by atoms with van der Waals surface area (Å²) in [5, 5.41) is 9.36. The average molecular weight is 435 g/mol. The molecule has 1 N–H and O–H groups in total. The van der Waals surface area contributed by atoms with Crippen molar-refractivity contribution in [2.75, 3.05) is 0 Å². The van der Waals surface area contributed by atoms with E-state index in [1.165, 1.54) is 50.2 Å². The van der Waals surface area contributed by atoms with E-state index in [0.717, 1.165) is 0 Å². The first kappa shape index (κ1) is 23.7. The second-order valence-corrected chi connectivity index (χ2v) is 15.3. The van der Waals surface area contributed by atoms with Crippen molar-refractivity contribution in [3.05, 3.63) is 12.2 Å². The molecule has 0 amide bonds. The van der Waals surface area contributed by atoms with Crippen LogP contribution in [0.1, 0.15) is 79.6 Å². The minimum absolute atomic E-state index is 0.212. The lowest BCUT2D eigenvalue weighted by atomic mass is 9.62. The summed E-state index contributed by atoms with van der Waals surface area (Å²) in [5.41, 5.74) is -0.855. The molecule has 0 bridgehead atoms. The molecular weight excluding hydrogens is 392 g/mol. The first-order valence-corrected chi connectivity index (χ1v) is 14.8. The van der Waals surface area contributed by atoms with E-state index in [0.29, 0.717) is 30.8 Å². The molecule has 3 aliphatic carbocycles. The van der Waals surface area contributed by atoms with Gasteiger partial charge in [-0.3, -0.25) is 9.59 Å². The lowest BCUT2D eigenvalue weighted by molar-refractivity contribution is -0.146. The Kier molecular flexibility index (Phi) is 7.03. The molecule has 30 heavy (non-hydrogen) atoms. The second kappa shape index (κ2) is 8.89. The number of hydrogen-bond donors (Lipinski definition) is 1. The third-order valence-electron chi connectivity index (χ3n) is 9.29. The van der Waals surface area contributed by atoms with Crippen LogP contribution in [0.25, 0.3) is 0 Å². The van der Waals surface area contributed by atoms with E-state index in [1.54, 1.807) is 6.08 Å². The molecule has 4 nitrogen and oxygen atoms in total. The summed E-state index contributed by atoms with van der Waals surface area (Å²) in [7, 11) is -1.62. The predicted molar refractivity (Wildman–Crippen MR) is 123 cm³/mol. The SMILES string of the molecule is CC[Si](CC)(CC)O[C@@H]1CCC[C@@]2(C)C([C@H](C)/C=C/C(=O)C3(C(=O)O)CC3)CC[C@H]12. The monoisotopic (exact) mass is 434 g/mol. The number of hydrogen-bond acceptors (Lipinski definition) is 3. The van der Waals surface area contributed by atoms with Crippen molar-refractivity contribution < 1.29 is 19.1 Å². The molecule has 3 aliphatic rings. The molecule has 0 saturated heterocycles. The molecule has 0 radical (unpaired) electrons. The van der Waals surface area contributed by atoms with Crippen LogP contribution in [0.4, 0.5) is 0 Å². The maximum atomic E-state index is 12.5. The van der Waals surface area contributed by atoms with Crippen molar-refractivity contribution in [3.8, 4) is 0 Å². The number of carboxylic acids is 1. The van der Waals surface area contributed by atoms with Crippen LogP contribution in [0.3, 0.4) is 0 Å². The van der Waals surface area contributed by atoms with Gasteiger partial charge in [-0.2, -0.15) is 0 Å². The van der Waals surface area contributed by atoms with Crippen LogP contribution in [0.2, 0.25) is 18.1 Å². The van der Waals surface area contributed by atoms with Crippen molar-refractivity contribution in [2.24, 2.45) is 28.6 Å². The highest BCUT2D eigenvalue weighted by atomic mass is 28.4. The Hall–Kier alpha value is -0.943. The molecule has 3 fully saturated rings. The van der Waals surface area contributed by atoms with Crippen LogP contribution in [0, 0.1) is 28.6 Å². The molecule has 0 heterocycles. The number of fused-ring (bicyclic) bond motifs is 1. The summed E-state index contributed by atoms with van der Waals surface area (Å²) in [6.07, 6.45) is 11.0. The largest absolute Gasteiger partial charge is 0.480 e. The smallest absolute Gasteiger partial charge is 0.317 e. The summed E-state index contributed by atoms with van der Waals surface area (Å²) < 4.78 is 7.01. The van der Waals surface area contributed by atoms with Crippen molar-refractivity contribution in [1.29, 1.82) is 0 Å². The second-order valence-electron chi connectivity index (χ2n) is 10.6. The van der Waals surface area contributed by atoms with Gasteiger partial charge in [-0.15, -0.1) is 0 Å². The summed E-state index contributed by atoms with van der Waals surface area (Å²) in [6, 6.07) is 3.61. The summed E-state index contributed by atoms with van der Waals surface area (Å²) in [5.74, 6) is 0.279. The molecule has 0 aromatic rings. The first-order chi connectivity index (χ1) is 14.2. The van der Waals surface area contributed by atoms with Gasteiger partial charge in [0.2, 0.25) is 0 Å². The van der Waals surface area contributed by atoms with E-state index in [9.17, 15) is 14.7 Å². The quantitative estimate of drug-likeness (QED) is 0.252. The molecule has 0 aliphatic heterocycles. The van der Waals surface area contributed by atoms with E-state index >= 15 is 0 Å². The molecular formula is C25H42O4Si. The molecule has 5 atom stereocenters. The topological polar surface area (TPSA) is 63.6 Å². The minimum atomic E-state index is -1.62. The Bertz CT molecular complexity index is 670. The number of carbonyl (C=O) groups excluding carboxylic acids is 1. The Labute approximate surface area is 184 Å². The van der Waals surface area contributed by atoms with Crippen LogP contribution in [0.5, 0.6) is 0 Å². The van der Waals surface area contributed by atoms with Gasteiger partial charge in [0.25, 0.3) is 0 Å². The van der Waals surface area contributed by atoms with Gasteiger partial charge >= 0.3 is 5.97 Å². The van der Waals surface area contributed by atoms with Gasteiger partial charge < -0.3 is 9.53 Å². The van der Waals surface area contributed by atoms with Crippen molar-refractivity contribution >= 4 is 20.1 Å². The summed E-state index contributed by atoms with van der Waals surface area (Å²) in [4.78, 5) is 23.9. The van der Waals surface area contributed by atoms with Gasteiger partial charge in [0.15, 0.2) is 14.1 Å². The van der Waals surface area contributed by atoms with E-state index in [-0.39, 0.29) is 17.1 Å². The maximum Gasteiger partial charge on any atom is 0.317 e. The van der Waals surface area contributed by atoms with Gasteiger partial charge in [0, 0.05) is 6.10 Å². The minimum Gasteiger partial charge on any atom is -0.480 e. The third kappa shape index (κ3) is 4.09. The Morgan fingerprint density at radius 3 is 2.27 bits per heavy atom. The van der Waals surface area contributed by atoms with Crippen LogP contribution >= 0.6 is 0 Å². The molecule has 0 spiro atoms. The highest BCUT2D eigenvalue weighted by molar-refractivity contribution is 6.73. The molecule has 1 unspecified atom stereocenters. The molecule has 5 heteroatoms. The fourth-order valence-electron chi connectivity index (χ4n) is 6.71. The van der Waals surface area contributed by atoms with Crippen LogP contribution in [-0.4, -0.2) is 31.3 Å². The zero-order valence-corrected chi connectivity index (χ0v) is 20.7. The molecule has 3 saturated carbocycles. The fraction of sp³-hybridized carbons (Fsp3) is 0.840. The Balaban J connectivity index is 1.71. The first-order valence-electron chi connectivity index (χ1n) is 12.3. The average Bonchev–Trinajstić information content (AvgIpc) is 3.47. The van der Waals surface area contributed by atoms with Crippen molar-refractivity contribution in [1.82, 2.24) is 0 Å². The lowest BCUT2D eigenvalue weighted by Crippen LogP contribution is -2.48. The number of aliphatic carboxylic acids is 1. The lowest BCUT2D eigenvalue weighted by Gasteiger charge is -2.48. The normalized spacial score (nSPS) is 34.0. The number of carbonyl (C=O) groups is 2. The zero-order valence-electron chi connectivity index (χ0n) is 19.7. The van der Waals surface area contributed by atoms with Crippen LogP contribution in [-0.2, 0) is 14.0 Å². The predicted octanol–water partition coefficient (Wildman–Crippen LogP) is 6.22. The van der Waals surface area contributed by atoms with E-state index in [4.69, 9.17) is 4.43 Å². The van der Waals surface area contributed by atoms with Gasteiger partial charge in [-0.05, 0) is 85.9 Å². The highest BCUT2D eigenvalue weighted by Crippen LogP contribution is 2.59. The van der Waals surface area contributed by atoms with Crippen molar-refractivity contribution in [2.45, 2.75) is 104 Å². The number of ketones is 1. The Morgan fingerprint density at radius 1 is 1.10 bits per heavy atom. The van der Waals surface area contributed by atoms with Crippen molar-refractivity contribution in [3.63, 3.8) is 0 Å². The number of allylic oxidation sites excluding steroid dienone is 2. The highest BCUT2D eigenvalue weighted by Gasteiger charge is 2.56. The van der Waals surface area contributed by atoms with Crippen LogP contribution in [0.15, 0.2) is 12.2 Å². The van der Waals surface area contributed by atoms with E-state index < -0.39 is 19.7 Å². The standard InChI is InChI=1S/C25H42O4Si/c1-6-30(7-2,8-3)29-21-10-9-15-24(5)19(12-13-20(21)24)18(4)11-14-22(26)25(16-17-25)23(27)28/h11,14,18-21H,6-10,12-13,15-17H2,1-5H3,(H,27,28)/b14-11+/t18-,19?,20-,21-,24+/m1/s1. The fourth-order valence-corrected chi connectivity index (χ4v) is 9.63. The zero-order chi connectivity index (χ0) is 22.2. The maximum absolute atomic E-state index is 12.5. The summed E-state index contributed by atoms with van der Waals surface area (Å²) >= 11 is 0. The van der Waals surface area contributed by atoms with Crippen LogP contribution < -0.4 is 0 Å². The Morgan fingerprint density at radius 2 is 1.73 bits per heavy atom. The van der Waals surface area contributed by atoms with Gasteiger partial charge in [-0.1, -0.05) is 47.1 Å².